The maximum absolute atomic E-state index is 14.0. The molecular weight excluding hydrogens is 502 g/mol. The van der Waals surface area contributed by atoms with E-state index in [1.54, 1.807) is 0 Å². The molecule has 8 nitrogen and oxygen atoms in total. The Kier molecular flexibility index (Phi) is 9.01. The summed E-state index contributed by atoms with van der Waals surface area (Å²) in [6, 6.07) is 7.88. The van der Waals surface area contributed by atoms with E-state index in [4.69, 9.17) is 17.3 Å². The Bertz CT molecular complexity index is 1050. The highest BCUT2D eigenvalue weighted by Crippen LogP contribution is 2.36. The van der Waals surface area contributed by atoms with Crippen LogP contribution < -0.4 is 5.73 Å². The molecule has 2 aliphatic heterocycles. The Balaban J connectivity index is 1.53. The van der Waals surface area contributed by atoms with Gasteiger partial charge in [-0.05, 0) is 55.7 Å². The molecule has 2 heterocycles. The van der Waals surface area contributed by atoms with Crippen LogP contribution in [0.5, 0.6) is 0 Å². The zero-order valence-electron chi connectivity index (χ0n) is 23.1. The molecule has 3 fully saturated rings. The lowest BCUT2D eigenvalue weighted by atomic mass is 9.85. The zero-order chi connectivity index (χ0) is 27.6. The van der Waals surface area contributed by atoms with Crippen LogP contribution in [0.25, 0.3) is 0 Å². The number of hydrogen-bond donors (Lipinski definition) is 1. The third-order valence-electron chi connectivity index (χ3n) is 8.53. The first-order valence-electron chi connectivity index (χ1n) is 14.0. The fraction of sp³-hybridized carbons (Fsp3) is 0.655. The molecule has 3 aliphatic rings. The number of carbonyl (C=O) groups excluding carboxylic acids is 3. The normalized spacial score (nSPS) is 28.2. The molecule has 1 saturated carbocycles. The molecule has 1 aromatic rings. The summed E-state index contributed by atoms with van der Waals surface area (Å²) >= 11 is 6.13. The number of aliphatic imine (C=N–C) groups is 1. The van der Waals surface area contributed by atoms with Crippen LogP contribution in [0.15, 0.2) is 29.3 Å². The highest BCUT2D eigenvalue weighted by Gasteiger charge is 2.44. The SMILES string of the molecule is CC(=O)N=C(N)N1C[C@@H](C(=O)N2CC[C@H](N(C(=O)C(C)C)C3CCC(C)CC3)C2)[C@H](c2ccc(Cl)cc2)C1. The molecule has 3 atom stereocenters. The van der Waals surface area contributed by atoms with Gasteiger partial charge in [-0.1, -0.05) is 44.5 Å². The Hall–Kier alpha value is -2.61. The first kappa shape index (κ1) is 28.4. The fourth-order valence-electron chi connectivity index (χ4n) is 6.40. The molecule has 1 aromatic carbocycles. The standard InChI is InChI=1S/C29H42ClN5O3/c1-18(2)27(37)35(23-11-5-19(3)6-12-23)24-13-14-33(15-24)28(38)26-17-34(29(31)32-20(4)36)16-25(26)21-7-9-22(30)10-8-21/h7-10,18-19,23-26H,5-6,11-17H2,1-4H3,(H2,31,32,36)/t19?,23?,24-,25-,26+/m0/s1. The van der Waals surface area contributed by atoms with E-state index in [0.29, 0.717) is 37.1 Å². The number of rotatable bonds is 5. The van der Waals surface area contributed by atoms with Crippen molar-refractivity contribution < 1.29 is 14.4 Å². The maximum Gasteiger partial charge on any atom is 0.245 e. The van der Waals surface area contributed by atoms with Crippen molar-refractivity contribution >= 4 is 35.3 Å². The van der Waals surface area contributed by atoms with E-state index in [0.717, 1.165) is 37.7 Å². The minimum atomic E-state index is -0.366. The van der Waals surface area contributed by atoms with Crippen LogP contribution in [-0.2, 0) is 14.4 Å². The predicted octanol–water partition coefficient (Wildman–Crippen LogP) is 3.88. The largest absolute Gasteiger partial charge is 0.369 e. The van der Waals surface area contributed by atoms with Crippen LogP contribution in [0.1, 0.15) is 71.3 Å². The molecule has 208 valence electrons. The van der Waals surface area contributed by atoms with Gasteiger partial charge in [0, 0.05) is 56.0 Å². The molecule has 0 radical (unpaired) electrons. The molecule has 0 bridgehead atoms. The lowest BCUT2D eigenvalue weighted by molar-refractivity contribution is -0.142. The van der Waals surface area contributed by atoms with E-state index in [9.17, 15) is 14.4 Å². The van der Waals surface area contributed by atoms with Gasteiger partial charge in [-0.15, -0.1) is 0 Å². The number of guanidine groups is 1. The first-order valence-corrected chi connectivity index (χ1v) is 14.4. The van der Waals surface area contributed by atoms with E-state index in [1.165, 1.54) is 6.92 Å². The van der Waals surface area contributed by atoms with Gasteiger partial charge in [0.15, 0.2) is 5.96 Å². The molecular formula is C29H42ClN5O3. The quantitative estimate of drug-likeness (QED) is 0.449. The van der Waals surface area contributed by atoms with Gasteiger partial charge in [-0.3, -0.25) is 14.4 Å². The van der Waals surface area contributed by atoms with Crippen molar-refractivity contribution in [3.63, 3.8) is 0 Å². The van der Waals surface area contributed by atoms with Crippen molar-refractivity contribution in [3.05, 3.63) is 34.9 Å². The number of nitrogens with two attached hydrogens (primary N) is 1. The predicted molar refractivity (Wildman–Crippen MR) is 150 cm³/mol. The lowest BCUT2D eigenvalue weighted by Crippen LogP contribution is -2.51. The van der Waals surface area contributed by atoms with E-state index in [1.807, 2.05) is 47.9 Å². The number of benzene rings is 1. The number of hydrogen-bond acceptors (Lipinski definition) is 3. The lowest BCUT2D eigenvalue weighted by Gasteiger charge is -2.41. The molecule has 2 N–H and O–H groups in total. The number of likely N-dealkylation sites (tertiary alicyclic amines) is 2. The van der Waals surface area contributed by atoms with E-state index < -0.39 is 0 Å². The third kappa shape index (κ3) is 6.33. The van der Waals surface area contributed by atoms with Crippen LogP contribution in [0.4, 0.5) is 0 Å². The Morgan fingerprint density at radius 1 is 0.974 bits per heavy atom. The van der Waals surface area contributed by atoms with Gasteiger partial charge in [-0.2, -0.15) is 4.99 Å². The number of amides is 3. The second-order valence-corrected chi connectivity index (χ2v) is 12.1. The van der Waals surface area contributed by atoms with Crippen LogP contribution in [0.3, 0.4) is 0 Å². The monoisotopic (exact) mass is 543 g/mol. The van der Waals surface area contributed by atoms with Gasteiger partial charge in [0.25, 0.3) is 0 Å². The third-order valence-corrected chi connectivity index (χ3v) is 8.78. The number of halogens is 1. The van der Waals surface area contributed by atoms with Gasteiger partial charge >= 0.3 is 0 Å². The van der Waals surface area contributed by atoms with Crippen molar-refractivity contribution in [3.8, 4) is 0 Å². The van der Waals surface area contributed by atoms with E-state index >= 15 is 0 Å². The average molecular weight is 544 g/mol. The molecule has 38 heavy (non-hydrogen) atoms. The van der Waals surface area contributed by atoms with Gasteiger partial charge in [0.1, 0.15) is 0 Å². The van der Waals surface area contributed by atoms with Crippen LogP contribution in [0.2, 0.25) is 5.02 Å². The van der Waals surface area contributed by atoms with Gasteiger partial charge in [0.2, 0.25) is 17.7 Å². The number of nitrogens with zero attached hydrogens (tertiary/aromatic N) is 4. The molecule has 0 unspecified atom stereocenters. The summed E-state index contributed by atoms with van der Waals surface area (Å²) in [4.78, 5) is 48.7. The van der Waals surface area contributed by atoms with Crippen LogP contribution in [-0.4, -0.2) is 76.6 Å². The van der Waals surface area contributed by atoms with Crippen LogP contribution >= 0.6 is 11.6 Å². The minimum absolute atomic E-state index is 0.0445. The Morgan fingerprint density at radius 3 is 2.24 bits per heavy atom. The van der Waals surface area contributed by atoms with Crippen molar-refractivity contribution in [1.29, 1.82) is 0 Å². The number of carbonyl (C=O) groups is 3. The summed E-state index contributed by atoms with van der Waals surface area (Å²) in [7, 11) is 0. The smallest absolute Gasteiger partial charge is 0.245 e. The molecule has 0 spiro atoms. The van der Waals surface area contributed by atoms with Crippen molar-refractivity contribution in [2.24, 2.45) is 28.5 Å². The Labute approximate surface area is 231 Å². The van der Waals surface area contributed by atoms with Crippen molar-refractivity contribution in [1.82, 2.24) is 14.7 Å². The topological polar surface area (TPSA) is 99.3 Å². The highest BCUT2D eigenvalue weighted by atomic mass is 35.5. The van der Waals surface area contributed by atoms with E-state index in [2.05, 4.69) is 16.8 Å². The minimum Gasteiger partial charge on any atom is -0.369 e. The zero-order valence-corrected chi connectivity index (χ0v) is 23.9. The average Bonchev–Trinajstić information content (AvgIpc) is 3.53. The summed E-state index contributed by atoms with van der Waals surface area (Å²) in [6.07, 6.45) is 5.16. The molecule has 0 aromatic heterocycles. The summed E-state index contributed by atoms with van der Waals surface area (Å²) in [5, 5.41) is 0.638. The van der Waals surface area contributed by atoms with Crippen LogP contribution in [0, 0.1) is 17.8 Å². The fourth-order valence-corrected chi connectivity index (χ4v) is 6.53. The van der Waals surface area contributed by atoms with Crippen molar-refractivity contribution in [2.75, 3.05) is 26.2 Å². The second kappa shape index (κ2) is 12.1. The molecule has 4 rings (SSSR count). The van der Waals surface area contributed by atoms with Gasteiger partial charge in [0.05, 0.1) is 12.0 Å². The summed E-state index contributed by atoms with van der Waals surface area (Å²) in [5.74, 6) is 0.246. The maximum atomic E-state index is 14.0. The van der Waals surface area contributed by atoms with Gasteiger partial charge < -0.3 is 20.4 Å². The molecule has 2 saturated heterocycles. The Morgan fingerprint density at radius 2 is 1.63 bits per heavy atom. The van der Waals surface area contributed by atoms with Gasteiger partial charge in [-0.25, -0.2) is 0 Å². The summed E-state index contributed by atoms with van der Waals surface area (Å²) in [5.41, 5.74) is 7.15. The molecule has 9 heteroatoms. The van der Waals surface area contributed by atoms with E-state index in [-0.39, 0.29) is 53.5 Å². The second-order valence-electron chi connectivity index (χ2n) is 11.7. The highest BCUT2D eigenvalue weighted by molar-refractivity contribution is 6.30. The summed E-state index contributed by atoms with van der Waals surface area (Å²) in [6.45, 7) is 9.67. The molecule has 3 amide bonds. The summed E-state index contributed by atoms with van der Waals surface area (Å²) < 4.78 is 0. The van der Waals surface area contributed by atoms with Crippen molar-refractivity contribution in [2.45, 2.75) is 77.8 Å². The first-order chi connectivity index (χ1) is 18.0. The molecule has 1 aliphatic carbocycles.